The zero-order valence-corrected chi connectivity index (χ0v) is 9.16. The second-order valence-corrected chi connectivity index (χ2v) is 3.63. The molecule has 0 aromatic heterocycles. The second-order valence-electron chi connectivity index (χ2n) is 2.93. The number of aryl methyl sites for hydroxylation is 1. The Labute approximate surface area is 92.5 Å². The lowest BCUT2D eigenvalue weighted by Crippen LogP contribution is -2.01. The number of nitrogens with one attached hydrogen (secondary N) is 1. The van der Waals surface area contributed by atoms with Gasteiger partial charge in [-0.25, -0.2) is 4.39 Å². The van der Waals surface area contributed by atoms with E-state index in [1.807, 2.05) is 13.0 Å². The topological polar surface area (TPSA) is 12.0 Å². The number of rotatable bonds is 3. The smallest absolute Gasteiger partial charge is 0.125 e. The van der Waals surface area contributed by atoms with E-state index in [-0.39, 0.29) is 5.82 Å². The lowest BCUT2D eigenvalue weighted by molar-refractivity contribution is 0.627. The van der Waals surface area contributed by atoms with Crippen LogP contribution in [0.4, 0.5) is 10.1 Å². The van der Waals surface area contributed by atoms with Gasteiger partial charge < -0.3 is 5.32 Å². The molecule has 1 nitrogen and oxygen atoms in total. The highest BCUT2D eigenvalue weighted by atomic mass is 35.5. The van der Waals surface area contributed by atoms with Gasteiger partial charge in [0.05, 0.1) is 6.54 Å². The molecule has 1 aromatic carbocycles. The van der Waals surface area contributed by atoms with Crippen molar-refractivity contribution in [3.05, 3.63) is 40.1 Å². The third-order valence-corrected chi connectivity index (χ3v) is 2.24. The predicted molar refractivity (Wildman–Crippen MR) is 59.4 cm³/mol. The number of anilines is 1. The summed E-state index contributed by atoms with van der Waals surface area (Å²) in [5.74, 6) is -0.265. The van der Waals surface area contributed by atoms with Crippen LogP contribution in [0.5, 0.6) is 0 Å². The molecule has 0 amide bonds. The minimum absolute atomic E-state index is 0.265. The van der Waals surface area contributed by atoms with E-state index in [2.05, 4.69) is 5.32 Å². The molecule has 4 heteroatoms. The molecule has 0 unspecified atom stereocenters. The van der Waals surface area contributed by atoms with Crippen molar-refractivity contribution in [3.8, 4) is 0 Å². The molecule has 0 heterocycles. The summed E-state index contributed by atoms with van der Waals surface area (Å²) >= 11 is 11.0. The fourth-order valence-corrected chi connectivity index (χ4v) is 1.21. The molecule has 0 fully saturated rings. The Morgan fingerprint density at radius 2 is 2.21 bits per heavy atom. The van der Waals surface area contributed by atoms with Crippen molar-refractivity contribution >= 4 is 28.9 Å². The molecule has 0 saturated carbocycles. The first-order valence-electron chi connectivity index (χ1n) is 4.07. The van der Waals surface area contributed by atoms with Crippen molar-refractivity contribution in [2.75, 3.05) is 11.9 Å². The van der Waals surface area contributed by atoms with Crippen LogP contribution in [-0.4, -0.2) is 6.54 Å². The number of benzene rings is 1. The Morgan fingerprint density at radius 1 is 1.50 bits per heavy atom. The highest BCUT2D eigenvalue weighted by Gasteiger charge is 1.98. The van der Waals surface area contributed by atoms with Crippen molar-refractivity contribution in [3.63, 3.8) is 0 Å². The van der Waals surface area contributed by atoms with E-state index in [1.54, 1.807) is 0 Å². The number of hydrogen-bond acceptors (Lipinski definition) is 1. The first-order valence-corrected chi connectivity index (χ1v) is 4.89. The Morgan fingerprint density at radius 3 is 2.79 bits per heavy atom. The standard InChI is InChI=1S/C10H10Cl2FN/c1-7-2-9(13)4-10(3-7)14-6-8(12)5-11/h2-5,14H,6H2,1H3/b8-5-. The largest absolute Gasteiger partial charge is 0.380 e. The maximum atomic E-state index is 12.9. The normalized spacial score (nSPS) is 11.6. The van der Waals surface area contributed by atoms with Gasteiger partial charge in [0.15, 0.2) is 0 Å². The summed E-state index contributed by atoms with van der Waals surface area (Å²) in [6, 6.07) is 4.71. The van der Waals surface area contributed by atoms with Gasteiger partial charge in [0.2, 0.25) is 0 Å². The molecule has 76 valence electrons. The molecule has 0 aliphatic carbocycles. The van der Waals surface area contributed by atoms with Crippen LogP contribution in [0.15, 0.2) is 28.8 Å². The van der Waals surface area contributed by atoms with Crippen molar-refractivity contribution in [1.82, 2.24) is 0 Å². The van der Waals surface area contributed by atoms with Gasteiger partial charge in [0.25, 0.3) is 0 Å². The Hall–Kier alpha value is -0.730. The van der Waals surface area contributed by atoms with Crippen LogP contribution >= 0.6 is 23.2 Å². The molecule has 1 N–H and O–H groups in total. The number of hydrogen-bond donors (Lipinski definition) is 1. The minimum atomic E-state index is -0.265. The predicted octanol–water partition coefficient (Wildman–Crippen LogP) is 3.87. The van der Waals surface area contributed by atoms with Crippen LogP contribution in [0.1, 0.15) is 5.56 Å². The fourth-order valence-electron chi connectivity index (χ4n) is 1.06. The van der Waals surface area contributed by atoms with Crippen LogP contribution in [0.25, 0.3) is 0 Å². The quantitative estimate of drug-likeness (QED) is 0.837. The van der Waals surface area contributed by atoms with Crippen molar-refractivity contribution in [1.29, 1.82) is 0 Å². The van der Waals surface area contributed by atoms with Crippen LogP contribution in [0, 0.1) is 12.7 Å². The molecule has 0 bridgehead atoms. The monoisotopic (exact) mass is 233 g/mol. The van der Waals surface area contributed by atoms with E-state index in [9.17, 15) is 4.39 Å². The second kappa shape index (κ2) is 5.23. The van der Waals surface area contributed by atoms with Gasteiger partial charge in [-0.05, 0) is 30.7 Å². The van der Waals surface area contributed by atoms with E-state index in [4.69, 9.17) is 23.2 Å². The Kier molecular flexibility index (Phi) is 4.23. The van der Waals surface area contributed by atoms with Crippen LogP contribution in [-0.2, 0) is 0 Å². The highest BCUT2D eigenvalue weighted by Crippen LogP contribution is 2.14. The summed E-state index contributed by atoms with van der Waals surface area (Å²) in [5.41, 5.74) is 2.83. The molecule has 0 atom stereocenters. The average molecular weight is 234 g/mol. The van der Waals surface area contributed by atoms with E-state index < -0.39 is 0 Å². The first-order chi connectivity index (χ1) is 6.61. The lowest BCUT2D eigenvalue weighted by Gasteiger charge is -2.06. The van der Waals surface area contributed by atoms with Gasteiger partial charge in [-0.1, -0.05) is 23.2 Å². The molecule has 0 aliphatic rings. The summed E-state index contributed by atoms with van der Waals surface area (Å²) < 4.78 is 12.9. The van der Waals surface area contributed by atoms with Crippen LogP contribution in [0.2, 0.25) is 0 Å². The van der Waals surface area contributed by atoms with E-state index >= 15 is 0 Å². The summed E-state index contributed by atoms with van der Waals surface area (Å²) in [6.07, 6.45) is 0. The van der Waals surface area contributed by atoms with Gasteiger partial charge >= 0.3 is 0 Å². The summed E-state index contributed by atoms with van der Waals surface area (Å²) in [5, 5.41) is 3.43. The van der Waals surface area contributed by atoms with E-state index in [1.165, 1.54) is 17.7 Å². The summed E-state index contributed by atoms with van der Waals surface area (Å²) in [6.45, 7) is 2.22. The Bertz CT molecular complexity index is 330. The lowest BCUT2D eigenvalue weighted by atomic mass is 10.2. The van der Waals surface area contributed by atoms with Crippen molar-refractivity contribution in [2.24, 2.45) is 0 Å². The van der Waals surface area contributed by atoms with Gasteiger partial charge in [0.1, 0.15) is 5.82 Å². The van der Waals surface area contributed by atoms with Crippen molar-refractivity contribution < 1.29 is 4.39 Å². The maximum absolute atomic E-state index is 12.9. The van der Waals surface area contributed by atoms with Crippen LogP contribution < -0.4 is 5.32 Å². The van der Waals surface area contributed by atoms with Gasteiger partial charge in [-0.2, -0.15) is 0 Å². The van der Waals surface area contributed by atoms with Crippen molar-refractivity contribution in [2.45, 2.75) is 6.92 Å². The molecule has 1 rings (SSSR count). The van der Waals surface area contributed by atoms with E-state index in [0.717, 1.165) is 5.56 Å². The third-order valence-electron chi connectivity index (χ3n) is 1.62. The third kappa shape index (κ3) is 3.56. The molecule has 0 spiro atoms. The zero-order valence-electron chi connectivity index (χ0n) is 7.65. The average Bonchev–Trinajstić information content (AvgIpc) is 2.12. The summed E-state index contributed by atoms with van der Waals surface area (Å²) in [7, 11) is 0. The SMILES string of the molecule is Cc1cc(F)cc(NC/C(Cl)=C/Cl)c1. The molecular formula is C10H10Cl2FN. The number of halogens is 3. The molecule has 1 aromatic rings. The molecular weight excluding hydrogens is 224 g/mol. The minimum Gasteiger partial charge on any atom is -0.380 e. The Balaban J connectivity index is 2.67. The van der Waals surface area contributed by atoms with Gasteiger partial charge in [-0.15, -0.1) is 0 Å². The molecule has 0 saturated heterocycles. The zero-order chi connectivity index (χ0) is 10.6. The first kappa shape index (κ1) is 11.3. The highest BCUT2D eigenvalue weighted by molar-refractivity contribution is 6.36. The van der Waals surface area contributed by atoms with Gasteiger partial charge in [-0.3, -0.25) is 0 Å². The van der Waals surface area contributed by atoms with E-state index in [0.29, 0.717) is 17.3 Å². The van der Waals surface area contributed by atoms with Crippen LogP contribution in [0.3, 0.4) is 0 Å². The molecule has 0 radical (unpaired) electrons. The summed E-state index contributed by atoms with van der Waals surface area (Å²) in [4.78, 5) is 0. The molecule has 14 heavy (non-hydrogen) atoms. The maximum Gasteiger partial charge on any atom is 0.125 e. The molecule has 0 aliphatic heterocycles. The van der Waals surface area contributed by atoms with Gasteiger partial charge in [0, 0.05) is 16.3 Å². The fraction of sp³-hybridized carbons (Fsp3) is 0.200.